The summed E-state index contributed by atoms with van der Waals surface area (Å²) in [6, 6.07) is 7.74. The Balaban J connectivity index is 1.55. The number of hydrogen-bond acceptors (Lipinski definition) is 6. The van der Waals surface area contributed by atoms with Crippen molar-refractivity contribution in [1.29, 1.82) is 0 Å². The Bertz CT molecular complexity index is 802. The molecule has 0 radical (unpaired) electrons. The molecule has 0 saturated carbocycles. The summed E-state index contributed by atoms with van der Waals surface area (Å²) in [5.74, 6) is 0.794. The molecule has 1 aliphatic rings. The van der Waals surface area contributed by atoms with Crippen LogP contribution in [-0.2, 0) is 10.5 Å². The molecule has 3 rings (SSSR count). The van der Waals surface area contributed by atoms with Gasteiger partial charge in [0.05, 0.1) is 23.3 Å². The molecule has 2 aromatic rings. The van der Waals surface area contributed by atoms with Crippen molar-refractivity contribution in [2.75, 3.05) is 39.3 Å². The largest absolute Gasteiger partial charge is 0.352 e. The lowest BCUT2D eigenvalue weighted by atomic mass is 10.2. The van der Waals surface area contributed by atoms with E-state index in [1.807, 2.05) is 40.1 Å². The van der Waals surface area contributed by atoms with Crippen LogP contribution < -0.4 is 5.32 Å². The van der Waals surface area contributed by atoms with Gasteiger partial charge >= 0.3 is 0 Å². The van der Waals surface area contributed by atoms with Gasteiger partial charge in [0.25, 0.3) is 5.91 Å². The zero-order valence-electron chi connectivity index (χ0n) is 15.7. The molecule has 1 fully saturated rings. The van der Waals surface area contributed by atoms with Crippen molar-refractivity contribution in [2.24, 2.45) is 0 Å². The number of rotatable bonds is 8. The number of benzene rings is 1. The summed E-state index contributed by atoms with van der Waals surface area (Å²) in [4.78, 5) is 34.1. The first-order valence-corrected chi connectivity index (χ1v) is 11.1. The lowest BCUT2D eigenvalue weighted by Gasteiger charge is -2.34. The highest BCUT2D eigenvalue weighted by Gasteiger charge is 2.24. The molecular formula is C20H24N4O2S2. The summed E-state index contributed by atoms with van der Waals surface area (Å²) in [7, 11) is 0. The Morgan fingerprint density at radius 1 is 1.25 bits per heavy atom. The van der Waals surface area contributed by atoms with E-state index in [1.54, 1.807) is 29.2 Å². The van der Waals surface area contributed by atoms with E-state index in [2.05, 4.69) is 21.8 Å². The number of piperazine rings is 1. The van der Waals surface area contributed by atoms with E-state index in [0.29, 0.717) is 39.3 Å². The second kappa shape index (κ2) is 10.4. The molecule has 1 aromatic carbocycles. The Morgan fingerprint density at radius 2 is 2.04 bits per heavy atom. The van der Waals surface area contributed by atoms with E-state index in [1.165, 1.54) is 0 Å². The summed E-state index contributed by atoms with van der Waals surface area (Å²) in [6.45, 7) is 7.07. The highest BCUT2D eigenvalue weighted by atomic mass is 32.2. The van der Waals surface area contributed by atoms with E-state index in [9.17, 15) is 9.59 Å². The number of thioether (sulfide) groups is 1. The molecule has 1 aromatic heterocycles. The smallest absolute Gasteiger partial charge is 0.255 e. The van der Waals surface area contributed by atoms with Gasteiger partial charge in [-0.2, -0.15) is 0 Å². The molecular weight excluding hydrogens is 392 g/mol. The Hall–Kier alpha value is -2.16. The minimum absolute atomic E-state index is 0.0107. The molecule has 1 aliphatic heterocycles. The number of thiazole rings is 1. The fourth-order valence-corrected chi connectivity index (χ4v) is 4.56. The number of nitrogens with zero attached hydrogens (tertiary/aromatic N) is 3. The molecule has 1 saturated heterocycles. The third kappa shape index (κ3) is 5.67. The molecule has 0 unspecified atom stereocenters. The van der Waals surface area contributed by atoms with Crippen LogP contribution >= 0.6 is 23.1 Å². The van der Waals surface area contributed by atoms with E-state index >= 15 is 0 Å². The molecule has 2 heterocycles. The van der Waals surface area contributed by atoms with Crippen LogP contribution in [0.4, 0.5) is 0 Å². The minimum Gasteiger partial charge on any atom is -0.352 e. The van der Waals surface area contributed by atoms with Crippen LogP contribution in [0.3, 0.4) is 0 Å². The van der Waals surface area contributed by atoms with Crippen LogP contribution in [-0.4, -0.2) is 65.9 Å². The third-order valence-corrected chi connectivity index (χ3v) is 6.19. The standard InChI is InChI=1S/C20H24N4O2S2/c1-2-7-21-19(25)12-23-8-10-24(11-9-23)20(26)17-5-3-4-6-18(17)28-14-16-13-27-15-22-16/h2-6,13,15H,1,7-12,14H2,(H,21,25). The summed E-state index contributed by atoms with van der Waals surface area (Å²) >= 11 is 3.22. The Kier molecular flexibility index (Phi) is 7.64. The summed E-state index contributed by atoms with van der Waals surface area (Å²) in [6.07, 6.45) is 1.67. The zero-order valence-corrected chi connectivity index (χ0v) is 17.3. The van der Waals surface area contributed by atoms with E-state index in [-0.39, 0.29) is 11.8 Å². The van der Waals surface area contributed by atoms with Gasteiger partial charge in [-0.15, -0.1) is 29.7 Å². The van der Waals surface area contributed by atoms with Crippen molar-refractivity contribution < 1.29 is 9.59 Å². The topological polar surface area (TPSA) is 65.5 Å². The van der Waals surface area contributed by atoms with Crippen LogP contribution in [0.25, 0.3) is 0 Å². The van der Waals surface area contributed by atoms with Gasteiger partial charge in [-0.3, -0.25) is 14.5 Å². The van der Waals surface area contributed by atoms with E-state index < -0.39 is 0 Å². The van der Waals surface area contributed by atoms with Crippen LogP contribution in [0.1, 0.15) is 16.1 Å². The van der Waals surface area contributed by atoms with E-state index in [4.69, 9.17) is 0 Å². The van der Waals surface area contributed by atoms with Crippen molar-refractivity contribution >= 4 is 34.9 Å². The number of carbonyl (C=O) groups is 2. The van der Waals surface area contributed by atoms with Gasteiger partial charge in [-0.25, -0.2) is 4.98 Å². The maximum Gasteiger partial charge on any atom is 0.255 e. The highest BCUT2D eigenvalue weighted by molar-refractivity contribution is 7.98. The maximum absolute atomic E-state index is 13.0. The lowest BCUT2D eigenvalue weighted by molar-refractivity contribution is -0.122. The molecule has 8 heteroatoms. The van der Waals surface area contributed by atoms with Crippen LogP contribution in [0, 0.1) is 0 Å². The number of aromatic nitrogens is 1. The Labute approximate surface area is 173 Å². The van der Waals surface area contributed by atoms with Gasteiger partial charge in [0.15, 0.2) is 0 Å². The molecule has 0 spiro atoms. The fraction of sp³-hybridized carbons (Fsp3) is 0.350. The normalized spacial score (nSPS) is 14.6. The molecule has 1 N–H and O–H groups in total. The molecule has 28 heavy (non-hydrogen) atoms. The SMILES string of the molecule is C=CCNC(=O)CN1CCN(C(=O)c2ccccc2SCc2cscn2)CC1. The average molecular weight is 417 g/mol. The van der Waals surface area contributed by atoms with Crippen molar-refractivity contribution in [1.82, 2.24) is 20.1 Å². The van der Waals surface area contributed by atoms with Crippen molar-refractivity contribution in [3.63, 3.8) is 0 Å². The third-order valence-electron chi connectivity index (χ3n) is 4.45. The van der Waals surface area contributed by atoms with Gasteiger partial charge in [0, 0.05) is 48.8 Å². The lowest BCUT2D eigenvalue weighted by Crippen LogP contribution is -2.51. The molecule has 0 bridgehead atoms. The van der Waals surface area contributed by atoms with Crippen LogP contribution in [0.5, 0.6) is 0 Å². The average Bonchev–Trinajstić information content (AvgIpc) is 3.25. The monoisotopic (exact) mass is 416 g/mol. The summed E-state index contributed by atoms with van der Waals surface area (Å²) < 4.78 is 0. The van der Waals surface area contributed by atoms with Gasteiger partial charge in [0.2, 0.25) is 5.91 Å². The zero-order chi connectivity index (χ0) is 19.8. The Morgan fingerprint density at radius 3 is 2.75 bits per heavy atom. The maximum atomic E-state index is 13.0. The minimum atomic E-state index is -0.0107. The summed E-state index contributed by atoms with van der Waals surface area (Å²) in [5.41, 5.74) is 3.59. The first kappa shape index (κ1) is 20.6. The molecule has 0 atom stereocenters. The summed E-state index contributed by atoms with van der Waals surface area (Å²) in [5, 5.41) is 4.82. The van der Waals surface area contributed by atoms with Crippen molar-refractivity contribution in [3.8, 4) is 0 Å². The number of carbonyl (C=O) groups excluding carboxylic acids is 2. The fourth-order valence-electron chi connectivity index (χ4n) is 2.95. The van der Waals surface area contributed by atoms with Gasteiger partial charge < -0.3 is 10.2 Å². The molecule has 6 nitrogen and oxygen atoms in total. The molecule has 0 aliphatic carbocycles. The molecule has 148 valence electrons. The van der Waals surface area contributed by atoms with Gasteiger partial charge in [0.1, 0.15) is 0 Å². The van der Waals surface area contributed by atoms with E-state index in [0.717, 1.165) is 21.9 Å². The predicted molar refractivity (Wildman–Crippen MR) is 114 cm³/mol. The first-order valence-electron chi connectivity index (χ1n) is 9.15. The quantitative estimate of drug-likeness (QED) is 0.529. The first-order chi connectivity index (χ1) is 13.7. The van der Waals surface area contributed by atoms with Crippen molar-refractivity contribution in [2.45, 2.75) is 10.6 Å². The number of hydrogen-bond donors (Lipinski definition) is 1. The van der Waals surface area contributed by atoms with Crippen LogP contribution in [0.2, 0.25) is 0 Å². The molecule has 2 amide bonds. The predicted octanol–water partition coefficient (Wildman–Crippen LogP) is 2.50. The number of nitrogens with one attached hydrogen (secondary N) is 1. The second-order valence-corrected chi connectivity index (χ2v) is 8.16. The van der Waals surface area contributed by atoms with Gasteiger partial charge in [-0.1, -0.05) is 18.2 Å². The number of amides is 2. The van der Waals surface area contributed by atoms with Gasteiger partial charge in [-0.05, 0) is 12.1 Å². The second-order valence-electron chi connectivity index (χ2n) is 6.43. The van der Waals surface area contributed by atoms with Crippen LogP contribution in [0.15, 0.2) is 52.7 Å². The van der Waals surface area contributed by atoms with Crippen molar-refractivity contribution in [3.05, 3.63) is 59.1 Å². The highest BCUT2D eigenvalue weighted by Crippen LogP contribution is 2.27.